The van der Waals surface area contributed by atoms with Gasteiger partial charge in [-0.25, -0.2) is 0 Å². The molecule has 0 aromatic carbocycles. The second-order valence-corrected chi connectivity index (χ2v) is 0. The first-order chi connectivity index (χ1) is 0. The van der Waals surface area contributed by atoms with Gasteiger partial charge in [0.05, 0.1) is 0 Å². The molecule has 4 heteroatoms. The van der Waals surface area contributed by atoms with Crippen LogP contribution in [0.3, 0.4) is 0 Å². The van der Waals surface area contributed by atoms with E-state index in [2.05, 4.69) is 0 Å². The molecule has 2 nitrogen and oxygen atoms in total. The molecule has 0 aliphatic carbocycles. The van der Waals surface area contributed by atoms with Crippen LogP contribution in [0.1, 0.15) is 0 Å². The molecule has 0 unspecified atom stereocenters. The fraction of sp³-hybridized carbons (Fsp3) is 0. The van der Waals surface area contributed by atoms with Crippen LogP contribution in [0, 0.1) is 0 Å². The van der Waals surface area contributed by atoms with Gasteiger partial charge in [0, 0.05) is 0 Å². The molecule has 0 saturated carbocycles. The Kier molecular flexibility index (Phi) is 179. The van der Waals surface area contributed by atoms with Crippen LogP contribution in [-0.4, -0.2) is 43.2 Å². The van der Waals surface area contributed by atoms with Crippen molar-refractivity contribution in [2.75, 3.05) is 0 Å². The first kappa shape index (κ1) is 36.5. The normalized spacial score (nSPS) is 0. The molecule has 0 amide bonds. The van der Waals surface area contributed by atoms with E-state index in [0.29, 0.717) is 0 Å². The van der Waals surface area contributed by atoms with Gasteiger partial charge < -0.3 is 11.0 Å². The van der Waals surface area contributed by atoms with Gasteiger partial charge in [0.15, 0.2) is 0 Å². The second-order valence-electron chi connectivity index (χ2n) is 0. The monoisotopic (exact) mass is 163 g/mol. The zero-order valence-electron chi connectivity index (χ0n) is 2.06. The van der Waals surface area contributed by atoms with Gasteiger partial charge in [-0.1, -0.05) is 0 Å². The Balaban J connectivity index is 0. The molecular formula is HCaO2Zr+3. The van der Waals surface area contributed by atoms with Crippen molar-refractivity contribution in [3.8, 4) is 0 Å². The van der Waals surface area contributed by atoms with Crippen LogP contribution in [0.15, 0.2) is 0 Å². The van der Waals surface area contributed by atoms with Crippen molar-refractivity contribution in [1.82, 2.24) is 0 Å². The molecule has 0 aliphatic rings. The van der Waals surface area contributed by atoms with Crippen molar-refractivity contribution >= 4 is 37.7 Å². The van der Waals surface area contributed by atoms with Gasteiger partial charge in [-0.05, 0) is 0 Å². The number of rotatable bonds is 0. The van der Waals surface area contributed by atoms with Crippen LogP contribution in [0.4, 0.5) is 0 Å². The molecule has 0 spiro atoms. The summed E-state index contributed by atoms with van der Waals surface area (Å²) >= 11 is 0. The maximum Gasteiger partial charge on any atom is 4.00 e. The molecule has 0 aromatic rings. The second kappa shape index (κ2) is 19.6. The smallest absolute Gasteiger partial charge is 2.00 e. The van der Waals surface area contributed by atoms with Crippen molar-refractivity contribution in [2.45, 2.75) is 0 Å². The summed E-state index contributed by atoms with van der Waals surface area (Å²) in [6.07, 6.45) is 0. The largest absolute Gasteiger partial charge is 4.00 e. The van der Waals surface area contributed by atoms with Crippen LogP contribution in [0.25, 0.3) is 0 Å². The molecule has 0 atom stereocenters. The predicted molar refractivity (Wildman–Crippen MR) is 8.38 cm³/mol. The van der Waals surface area contributed by atoms with Crippen LogP contribution >= 0.6 is 0 Å². The van der Waals surface area contributed by atoms with E-state index in [1.807, 2.05) is 0 Å². The van der Waals surface area contributed by atoms with E-state index in [-0.39, 0.29) is 74.9 Å². The van der Waals surface area contributed by atoms with Gasteiger partial charge >= 0.3 is 63.9 Å². The average molecular weight is 164 g/mol. The quantitative estimate of drug-likeness (QED) is 0.438. The number of hydrogen-bond acceptors (Lipinski definition) is 1. The Labute approximate surface area is 73.7 Å². The molecule has 0 fully saturated rings. The predicted octanol–water partition coefficient (Wildman–Crippen LogP) is -0.679. The minimum atomic E-state index is 0. The molecule has 4 heavy (non-hydrogen) atoms. The Morgan fingerprint density at radius 2 is 1.00 bits per heavy atom. The summed E-state index contributed by atoms with van der Waals surface area (Å²) in [6.45, 7) is 0. The molecule has 0 rings (SSSR count). The van der Waals surface area contributed by atoms with E-state index in [4.69, 9.17) is 0 Å². The molecule has 16 valence electrons. The van der Waals surface area contributed by atoms with Gasteiger partial charge in [-0.2, -0.15) is 0 Å². The molecule has 0 saturated heterocycles. The summed E-state index contributed by atoms with van der Waals surface area (Å²) in [5, 5.41) is 0. The topological polar surface area (TPSA) is 58.5 Å². The van der Waals surface area contributed by atoms with Crippen molar-refractivity contribution in [3.63, 3.8) is 0 Å². The van der Waals surface area contributed by atoms with Gasteiger partial charge in [-0.15, -0.1) is 0 Å². The zero-order chi connectivity index (χ0) is 0. The van der Waals surface area contributed by atoms with E-state index < -0.39 is 0 Å². The van der Waals surface area contributed by atoms with Crippen LogP contribution in [-0.2, 0) is 31.7 Å². The molecule has 1 N–H and O–H groups in total. The Morgan fingerprint density at radius 3 is 1.00 bits per heavy atom. The van der Waals surface area contributed by atoms with Crippen molar-refractivity contribution in [1.29, 1.82) is 0 Å². The van der Waals surface area contributed by atoms with Gasteiger partial charge in [0.2, 0.25) is 0 Å². The zero-order valence-corrected chi connectivity index (χ0v) is 6.73. The first-order valence-electron chi connectivity index (χ1n) is 0. The third-order valence-corrected chi connectivity index (χ3v) is 0. The summed E-state index contributed by atoms with van der Waals surface area (Å²) in [7, 11) is 0. The fourth-order valence-electron chi connectivity index (χ4n) is 0. The van der Waals surface area contributed by atoms with Gasteiger partial charge in [-0.3, -0.25) is 0 Å². The molecular weight excluding hydrogens is 163 g/mol. The Hall–Kier alpha value is 2.06. The Bertz CT molecular complexity index is 6.00. The van der Waals surface area contributed by atoms with E-state index in [1.54, 1.807) is 0 Å². The van der Waals surface area contributed by atoms with E-state index in [0.717, 1.165) is 0 Å². The van der Waals surface area contributed by atoms with Crippen molar-refractivity contribution < 1.29 is 37.2 Å². The summed E-state index contributed by atoms with van der Waals surface area (Å²) < 4.78 is 0. The van der Waals surface area contributed by atoms with Crippen LogP contribution < -0.4 is 0 Å². The molecule has 0 radical (unpaired) electrons. The van der Waals surface area contributed by atoms with E-state index in [9.17, 15) is 0 Å². The SMILES string of the molecule is [Ca+2].[O-2].[OH-].[Zr+4]. The summed E-state index contributed by atoms with van der Waals surface area (Å²) in [4.78, 5) is 0. The molecule has 0 aromatic heterocycles. The first-order valence-corrected chi connectivity index (χ1v) is 0. The molecule has 0 aliphatic heterocycles. The van der Waals surface area contributed by atoms with Gasteiger partial charge in [0.25, 0.3) is 0 Å². The molecule has 0 heterocycles. The van der Waals surface area contributed by atoms with Crippen LogP contribution in [0.2, 0.25) is 0 Å². The minimum absolute atomic E-state index is 0. The van der Waals surface area contributed by atoms with Gasteiger partial charge in [0.1, 0.15) is 0 Å². The van der Waals surface area contributed by atoms with Crippen molar-refractivity contribution in [3.05, 3.63) is 0 Å². The minimum Gasteiger partial charge on any atom is -2.00 e. The summed E-state index contributed by atoms with van der Waals surface area (Å²) in [5.74, 6) is 0. The Morgan fingerprint density at radius 1 is 1.00 bits per heavy atom. The number of hydrogen-bond donors (Lipinski definition) is 0. The third kappa shape index (κ3) is 8.96. The third-order valence-electron chi connectivity index (χ3n) is 0. The summed E-state index contributed by atoms with van der Waals surface area (Å²) in [6, 6.07) is 0. The van der Waals surface area contributed by atoms with Crippen LogP contribution in [0.5, 0.6) is 0 Å². The van der Waals surface area contributed by atoms with E-state index in [1.165, 1.54) is 0 Å². The van der Waals surface area contributed by atoms with Crippen molar-refractivity contribution in [2.24, 2.45) is 0 Å². The fourth-order valence-corrected chi connectivity index (χ4v) is 0. The standard InChI is InChI=1S/Ca.H2O.O.Zr/h;1H2;;/q+2;;-2;+4/p-1. The summed E-state index contributed by atoms with van der Waals surface area (Å²) in [5.41, 5.74) is 0. The average Bonchev–Trinajstić information content (AvgIpc) is 0. The maximum atomic E-state index is 0. The molecule has 0 bridgehead atoms. The van der Waals surface area contributed by atoms with E-state index >= 15 is 0 Å². The maximum absolute atomic E-state index is 0.